The molecule has 1 heterocycles. The summed E-state index contributed by atoms with van der Waals surface area (Å²) in [6.45, 7) is 0. The van der Waals surface area contributed by atoms with Gasteiger partial charge < -0.3 is 24.8 Å². The number of nitrogens with zero attached hydrogens (tertiary/aromatic N) is 2. The Labute approximate surface area is 176 Å². The normalized spacial score (nSPS) is 10.3. The van der Waals surface area contributed by atoms with Gasteiger partial charge in [-0.25, -0.2) is 4.98 Å². The molecule has 0 fully saturated rings. The number of nitrogens with one attached hydrogen (secondary N) is 3. The molecule has 3 aromatic rings. The van der Waals surface area contributed by atoms with Gasteiger partial charge in [-0.2, -0.15) is 4.98 Å². The van der Waals surface area contributed by atoms with Crippen LogP contribution in [0.3, 0.4) is 0 Å². The van der Waals surface area contributed by atoms with Crippen LogP contribution in [0.15, 0.2) is 53.1 Å². The van der Waals surface area contributed by atoms with Crippen molar-refractivity contribution >= 4 is 56.7 Å². The van der Waals surface area contributed by atoms with Crippen molar-refractivity contribution in [1.29, 1.82) is 0 Å². The Morgan fingerprint density at radius 2 is 1.71 bits per heavy atom. The Balaban J connectivity index is 1.84. The van der Waals surface area contributed by atoms with Gasteiger partial charge in [0.15, 0.2) is 11.5 Å². The number of methoxy groups -OCH3 is 2. The van der Waals surface area contributed by atoms with Crippen molar-refractivity contribution in [1.82, 2.24) is 9.97 Å². The number of ether oxygens (including phenoxy) is 2. The molecule has 7 nitrogen and oxygen atoms in total. The Bertz CT molecular complexity index is 957. The zero-order chi connectivity index (χ0) is 19.9. The van der Waals surface area contributed by atoms with E-state index in [0.717, 1.165) is 21.5 Å². The van der Waals surface area contributed by atoms with Crippen LogP contribution in [0.5, 0.6) is 11.5 Å². The van der Waals surface area contributed by atoms with Crippen molar-refractivity contribution in [2.24, 2.45) is 0 Å². The van der Waals surface area contributed by atoms with E-state index >= 15 is 0 Å². The third-order valence-corrected chi connectivity index (χ3v) is 4.78. The SMILES string of the molecule is COc1ccc(Nc2ncc(Br)c(Nc3ccccc3NSC)n2)cc1OC. The number of benzene rings is 2. The molecule has 0 radical (unpaired) electrons. The van der Waals surface area contributed by atoms with Crippen LogP contribution >= 0.6 is 27.9 Å². The second-order valence-corrected chi connectivity index (χ2v) is 7.03. The molecule has 2 aromatic carbocycles. The van der Waals surface area contributed by atoms with Gasteiger partial charge >= 0.3 is 0 Å². The van der Waals surface area contributed by atoms with Gasteiger partial charge in [0.2, 0.25) is 5.95 Å². The van der Waals surface area contributed by atoms with Gasteiger partial charge in [0.05, 0.1) is 30.1 Å². The molecule has 3 N–H and O–H groups in total. The van der Waals surface area contributed by atoms with E-state index in [2.05, 4.69) is 41.3 Å². The fourth-order valence-electron chi connectivity index (χ4n) is 2.48. The highest BCUT2D eigenvalue weighted by molar-refractivity contribution is 9.10. The van der Waals surface area contributed by atoms with Crippen LogP contribution in [0.2, 0.25) is 0 Å². The van der Waals surface area contributed by atoms with E-state index in [0.29, 0.717) is 23.3 Å². The molecule has 0 saturated heterocycles. The number of aromatic nitrogens is 2. The summed E-state index contributed by atoms with van der Waals surface area (Å²) >= 11 is 5.03. The number of anilines is 5. The maximum atomic E-state index is 5.34. The topological polar surface area (TPSA) is 80.3 Å². The first-order valence-corrected chi connectivity index (χ1v) is 10.3. The summed E-state index contributed by atoms with van der Waals surface area (Å²) in [5.41, 5.74) is 2.67. The van der Waals surface area contributed by atoms with E-state index in [9.17, 15) is 0 Å². The van der Waals surface area contributed by atoms with E-state index in [1.165, 1.54) is 11.9 Å². The van der Waals surface area contributed by atoms with Crippen molar-refractivity contribution in [3.63, 3.8) is 0 Å². The first-order chi connectivity index (χ1) is 13.6. The van der Waals surface area contributed by atoms with Crippen LogP contribution in [-0.4, -0.2) is 30.4 Å². The molecule has 0 atom stereocenters. The smallest absolute Gasteiger partial charge is 0.229 e. The van der Waals surface area contributed by atoms with Crippen LogP contribution in [0, 0.1) is 0 Å². The van der Waals surface area contributed by atoms with E-state index in [-0.39, 0.29) is 0 Å². The number of rotatable bonds is 8. The number of para-hydroxylation sites is 2. The molecule has 28 heavy (non-hydrogen) atoms. The van der Waals surface area contributed by atoms with Crippen molar-refractivity contribution in [2.45, 2.75) is 0 Å². The van der Waals surface area contributed by atoms with E-state index in [1.54, 1.807) is 20.4 Å². The van der Waals surface area contributed by atoms with Gasteiger partial charge in [0, 0.05) is 24.2 Å². The fraction of sp³-hybridized carbons (Fsp3) is 0.158. The highest BCUT2D eigenvalue weighted by atomic mass is 79.9. The average molecular weight is 462 g/mol. The molecule has 146 valence electrons. The standard InChI is InChI=1S/C19H20BrN5O2S/c1-26-16-9-8-12(10-17(16)27-2)22-19-21-11-13(20)18(24-19)23-14-6-4-5-7-15(14)25-28-3/h4-11,25H,1-3H3,(H2,21,22,23,24). The third kappa shape index (κ3) is 4.79. The van der Waals surface area contributed by atoms with Crippen LogP contribution in [-0.2, 0) is 0 Å². The zero-order valence-electron chi connectivity index (χ0n) is 15.6. The fourth-order valence-corrected chi connectivity index (χ4v) is 3.16. The summed E-state index contributed by atoms with van der Waals surface area (Å²) in [5.74, 6) is 2.38. The van der Waals surface area contributed by atoms with Gasteiger partial charge in [-0.05, 0) is 40.2 Å². The molecule has 0 saturated carbocycles. The Morgan fingerprint density at radius 1 is 0.964 bits per heavy atom. The quantitative estimate of drug-likeness (QED) is 0.383. The second-order valence-electron chi connectivity index (χ2n) is 5.56. The molecular weight excluding hydrogens is 442 g/mol. The van der Waals surface area contributed by atoms with Crippen molar-refractivity contribution < 1.29 is 9.47 Å². The lowest BCUT2D eigenvalue weighted by Gasteiger charge is -2.14. The molecule has 0 amide bonds. The summed E-state index contributed by atoms with van der Waals surface area (Å²) < 4.78 is 14.6. The molecule has 3 rings (SSSR count). The first-order valence-electron chi connectivity index (χ1n) is 8.31. The molecule has 0 aliphatic heterocycles. The van der Waals surface area contributed by atoms with Crippen LogP contribution in [0.4, 0.5) is 28.8 Å². The Hall–Kier alpha value is -2.65. The minimum absolute atomic E-state index is 0.452. The van der Waals surface area contributed by atoms with Crippen molar-refractivity contribution in [3.8, 4) is 11.5 Å². The third-order valence-electron chi connectivity index (χ3n) is 3.78. The molecule has 0 unspecified atom stereocenters. The molecule has 0 bridgehead atoms. The summed E-state index contributed by atoms with van der Waals surface area (Å²) in [6, 6.07) is 13.4. The lowest BCUT2D eigenvalue weighted by Crippen LogP contribution is -2.03. The summed E-state index contributed by atoms with van der Waals surface area (Å²) in [5, 5.41) is 6.52. The van der Waals surface area contributed by atoms with Gasteiger partial charge in [0.25, 0.3) is 0 Å². The summed E-state index contributed by atoms with van der Waals surface area (Å²) in [4.78, 5) is 8.91. The summed E-state index contributed by atoms with van der Waals surface area (Å²) in [7, 11) is 3.20. The second kappa shape index (κ2) is 9.52. The maximum absolute atomic E-state index is 5.34. The van der Waals surface area contributed by atoms with Crippen LogP contribution < -0.4 is 24.8 Å². The Kier molecular flexibility index (Phi) is 6.83. The van der Waals surface area contributed by atoms with Gasteiger partial charge in [0.1, 0.15) is 5.82 Å². The Morgan fingerprint density at radius 3 is 2.43 bits per heavy atom. The number of hydrogen-bond acceptors (Lipinski definition) is 8. The zero-order valence-corrected chi connectivity index (χ0v) is 18.0. The largest absolute Gasteiger partial charge is 0.493 e. The predicted octanol–water partition coefficient (Wildman–Crippen LogP) is 5.43. The minimum Gasteiger partial charge on any atom is -0.493 e. The molecule has 9 heteroatoms. The van der Waals surface area contributed by atoms with E-state index in [4.69, 9.17) is 9.47 Å². The van der Waals surface area contributed by atoms with Crippen molar-refractivity contribution in [2.75, 3.05) is 35.8 Å². The van der Waals surface area contributed by atoms with Crippen LogP contribution in [0.1, 0.15) is 0 Å². The highest BCUT2D eigenvalue weighted by Crippen LogP contribution is 2.32. The molecule has 0 aliphatic rings. The number of halogens is 1. The molecule has 0 spiro atoms. The average Bonchev–Trinajstić information content (AvgIpc) is 2.72. The molecule has 0 aliphatic carbocycles. The van der Waals surface area contributed by atoms with E-state index < -0.39 is 0 Å². The maximum Gasteiger partial charge on any atom is 0.229 e. The van der Waals surface area contributed by atoms with E-state index in [1.807, 2.05) is 48.7 Å². The molecular formula is C19H20BrN5O2S. The lowest BCUT2D eigenvalue weighted by atomic mass is 10.2. The molecule has 1 aromatic heterocycles. The van der Waals surface area contributed by atoms with Gasteiger partial charge in [-0.15, -0.1) is 0 Å². The van der Waals surface area contributed by atoms with Gasteiger partial charge in [-0.3, -0.25) is 0 Å². The predicted molar refractivity (Wildman–Crippen MR) is 119 cm³/mol. The lowest BCUT2D eigenvalue weighted by molar-refractivity contribution is 0.355. The van der Waals surface area contributed by atoms with Gasteiger partial charge in [-0.1, -0.05) is 24.1 Å². The summed E-state index contributed by atoms with van der Waals surface area (Å²) in [6.07, 6.45) is 3.67. The monoisotopic (exact) mass is 461 g/mol. The highest BCUT2D eigenvalue weighted by Gasteiger charge is 2.10. The first kappa shape index (κ1) is 20.1. The number of hydrogen-bond donors (Lipinski definition) is 3. The minimum atomic E-state index is 0.452. The van der Waals surface area contributed by atoms with Crippen LogP contribution in [0.25, 0.3) is 0 Å². The van der Waals surface area contributed by atoms with Crippen molar-refractivity contribution in [3.05, 3.63) is 53.1 Å².